The van der Waals surface area contributed by atoms with E-state index >= 15 is 0 Å². The van der Waals surface area contributed by atoms with Crippen LogP contribution in [-0.2, 0) is 4.74 Å². The summed E-state index contributed by atoms with van der Waals surface area (Å²) < 4.78 is 5.55. The standard InChI is InChI=1S/C15H21N3O3S/c1-11(12-5-3-6-13(9-12)18(19)20)17(2)15(22)16-10-14-7-4-8-21-14/h3,5-6,9,11,14H,4,7-8,10H2,1-2H3,(H,16,22)/t11-,14-/m0/s1. The second-order valence-electron chi connectivity index (χ2n) is 5.46. The van der Waals surface area contributed by atoms with Crippen LogP contribution in [0.2, 0.25) is 0 Å². The zero-order valence-electron chi connectivity index (χ0n) is 12.8. The summed E-state index contributed by atoms with van der Waals surface area (Å²) in [6.45, 7) is 3.49. The molecule has 1 aromatic carbocycles. The van der Waals surface area contributed by atoms with Crippen molar-refractivity contribution >= 4 is 23.0 Å². The molecule has 1 N–H and O–H groups in total. The molecule has 0 amide bonds. The first-order valence-electron chi connectivity index (χ1n) is 7.35. The Balaban J connectivity index is 1.95. The minimum absolute atomic E-state index is 0.0515. The molecule has 1 aliphatic rings. The second kappa shape index (κ2) is 7.51. The van der Waals surface area contributed by atoms with E-state index in [1.807, 2.05) is 24.9 Å². The van der Waals surface area contributed by atoms with Gasteiger partial charge in [0.1, 0.15) is 0 Å². The fraction of sp³-hybridized carbons (Fsp3) is 0.533. The van der Waals surface area contributed by atoms with Gasteiger partial charge in [-0.05, 0) is 37.5 Å². The van der Waals surface area contributed by atoms with Gasteiger partial charge in [-0.25, -0.2) is 0 Å². The summed E-state index contributed by atoms with van der Waals surface area (Å²) in [6.07, 6.45) is 2.37. The van der Waals surface area contributed by atoms with E-state index in [2.05, 4.69) is 5.32 Å². The molecule has 6 nitrogen and oxygen atoms in total. The third-order valence-electron chi connectivity index (χ3n) is 3.97. The molecule has 120 valence electrons. The second-order valence-corrected chi connectivity index (χ2v) is 5.85. The van der Waals surface area contributed by atoms with E-state index in [-0.39, 0.29) is 22.8 Å². The lowest BCUT2D eigenvalue weighted by Crippen LogP contribution is -2.41. The first kappa shape index (κ1) is 16.6. The van der Waals surface area contributed by atoms with E-state index in [0.29, 0.717) is 11.7 Å². The Morgan fingerprint density at radius 2 is 2.41 bits per heavy atom. The monoisotopic (exact) mass is 323 g/mol. The van der Waals surface area contributed by atoms with E-state index in [1.165, 1.54) is 6.07 Å². The molecule has 0 radical (unpaired) electrons. The molecule has 7 heteroatoms. The van der Waals surface area contributed by atoms with Gasteiger partial charge in [-0.3, -0.25) is 10.1 Å². The van der Waals surface area contributed by atoms with Gasteiger partial charge in [0.25, 0.3) is 5.69 Å². The van der Waals surface area contributed by atoms with E-state index in [4.69, 9.17) is 17.0 Å². The van der Waals surface area contributed by atoms with Crippen LogP contribution in [0.1, 0.15) is 31.4 Å². The number of nitro benzene ring substituents is 1. The molecule has 1 fully saturated rings. The highest BCUT2D eigenvalue weighted by atomic mass is 32.1. The largest absolute Gasteiger partial charge is 0.376 e. The van der Waals surface area contributed by atoms with E-state index < -0.39 is 0 Å². The summed E-state index contributed by atoms with van der Waals surface area (Å²) in [5.74, 6) is 0. The van der Waals surface area contributed by atoms with Crippen LogP contribution in [-0.4, -0.2) is 41.2 Å². The fourth-order valence-corrected chi connectivity index (χ4v) is 2.67. The molecule has 0 saturated carbocycles. The number of hydrogen-bond donors (Lipinski definition) is 1. The summed E-state index contributed by atoms with van der Waals surface area (Å²) in [5.41, 5.74) is 0.953. The van der Waals surface area contributed by atoms with Crippen LogP contribution < -0.4 is 5.32 Å². The molecular weight excluding hydrogens is 302 g/mol. The lowest BCUT2D eigenvalue weighted by atomic mass is 10.1. The maximum absolute atomic E-state index is 10.9. The molecule has 2 rings (SSSR count). The smallest absolute Gasteiger partial charge is 0.269 e. The highest BCUT2D eigenvalue weighted by Crippen LogP contribution is 2.23. The van der Waals surface area contributed by atoms with Crippen LogP contribution in [0.4, 0.5) is 5.69 Å². The van der Waals surface area contributed by atoms with Crippen molar-refractivity contribution in [1.29, 1.82) is 0 Å². The molecule has 1 saturated heterocycles. The molecular formula is C15H21N3O3S. The molecule has 0 bridgehead atoms. The van der Waals surface area contributed by atoms with Crippen LogP contribution in [0, 0.1) is 10.1 Å². The van der Waals surface area contributed by atoms with Gasteiger partial charge in [0.2, 0.25) is 0 Å². The number of non-ortho nitro benzene ring substituents is 1. The van der Waals surface area contributed by atoms with Crippen molar-refractivity contribution in [3.05, 3.63) is 39.9 Å². The van der Waals surface area contributed by atoms with Crippen molar-refractivity contribution in [2.45, 2.75) is 31.9 Å². The SMILES string of the molecule is C[C@@H](c1cccc([N+](=O)[O-])c1)N(C)C(=S)NC[C@@H]1CCCO1. The lowest BCUT2D eigenvalue weighted by molar-refractivity contribution is -0.384. The predicted octanol–water partition coefficient (Wildman–Crippen LogP) is 2.64. The van der Waals surface area contributed by atoms with Gasteiger partial charge < -0.3 is 15.0 Å². The number of ether oxygens (including phenoxy) is 1. The number of thiocarbonyl (C=S) groups is 1. The summed E-state index contributed by atoms with van der Waals surface area (Å²) in [7, 11) is 1.88. The fourth-order valence-electron chi connectivity index (χ4n) is 2.43. The van der Waals surface area contributed by atoms with E-state index in [9.17, 15) is 10.1 Å². The van der Waals surface area contributed by atoms with Gasteiger partial charge in [0.05, 0.1) is 17.1 Å². The molecule has 22 heavy (non-hydrogen) atoms. The van der Waals surface area contributed by atoms with Crippen LogP contribution in [0.15, 0.2) is 24.3 Å². The first-order chi connectivity index (χ1) is 10.5. The average molecular weight is 323 g/mol. The minimum atomic E-state index is -0.385. The number of rotatable bonds is 5. The number of nitrogens with one attached hydrogen (secondary N) is 1. The van der Waals surface area contributed by atoms with Crippen molar-refractivity contribution in [2.24, 2.45) is 0 Å². The van der Waals surface area contributed by atoms with E-state index in [1.54, 1.807) is 12.1 Å². The molecule has 1 aromatic rings. The first-order valence-corrected chi connectivity index (χ1v) is 7.76. The van der Waals surface area contributed by atoms with Gasteiger partial charge in [0.15, 0.2) is 5.11 Å². The van der Waals surface area contributed by atoms with Crippen molar-refractivity contribution in [3.63, 3.8) is 0 Å². The van der Waals surface area contributed by atoms with Gasteiger partial charge in [-0.15, -0.1) is 0 Å². The van der Waals surface area contributed by atoms with Crippen molar-refractivity contribution in [2.75, 3.05) is 20.2 Å². The third kappa shape index (κ3) is 4.14. The predicted molar refractivity (Wildman–Crippen MR) is 88.8 cm³/mol. The molecule has 0 spiro atoms. The highest BCUT2D eigenvalue weighted by Gasteiger charge is 2.19. The Labute approximate surface area is 135 Å². The third-order valence-corrected chi connectivity index (χ3v) is 4.40. The van der Waals surface area contributed by atoms with Crippen molar-refractivity contribution in [3.8, 4) is 0 Å². The quantitative estimate of drug-likeness (QED) is 0.510. The normalized spacial score (nSPS) is 18.7. The van der Waals surface area contributed by atoms with Gasteiger partial charge in [-0.1, -0.05) is 12.1 Å². The van der Waals surface area contributed by atoms with Gasteiger partial charge in [-0.2, -0.15) is 0 Å². The van der Waals surface area contributed by atoms with E-state index in [0.717, 1.165) is 25.0 Å². The number of hydrogen-bond acceptors (Lipinski definition) is 4. The molecule has 2 atom stereocenters. The average Bonchev–Trinajstić information content (AvgIpc) is 3.04. The number of nitro groups is 1. The Morgan fingerprint density at radius 1 is 1.64 bits per heavy atom. The molecule has 0 aliphatic carbocycles. The molecule has 0 unspecified atom stereocenters. The lowest BCUT2D eigenvalue weighted by Gasteiger charge is -2.28. The Bertz CT molecular complexity index is 547. The summed E-state index contributed by atoms with van der Waals surface area (Å²) in [6, 6.07) is 6.59. The highest BCUT2D eigenvalue weighted by molar-refractivity contribution is 7.80. The Kier molecular flexibility index (Phi) is 5.68. The van der Waals surface area contributed by atoms with Crippen molar-refractivity contribution < 1.29 is 9.66 Å². The zero-order valence-corrected chi connectivity index (χ0v) is 13.6. The number of benzene rings is 1. The van der Waals surface area contributed by atoms with Crippen molar-refractivity contribution in [1.82, 2.24) is 10.2 Å². The van der Waals surface area contributed by atoms with Gasteiger partial charge in [0, 0.05) is 32.3 Å². The Hall–Kier alpha value is -1.73. The topological polar surface area (TPSA) is 67.6 Å². The maximum Gasteiger partial charge on any atom is 0.269 e. The van der Waals surface area contributed by atoms with Crippen LogP contribution >= 0.6 is 12.2 Å². The summed E-state index contributed by atoms with van der Waals surface area (Å²) in [4.78, 5) is 12.4. The summed E-state index contributed by atoms with van der Waals surface area (Å²) in [5, 5.41) is 14.7. The molecule has 0 aromatic heterocycles. The zero-order chi connectivity index (χ0) is 16.1. The van der Waals surface area contributed by atoms with Crippen LogP contribution in [0.25, 0.3) is 0 Å². The Morgan fingerprint density at radius 3 is 3.05 bits per heavy atom. The summed E-state index contributed by atoms with van der Waals surface area (Å²) >= 11 is 5.40. The molecule has 1 heterocycles. The van der Waals surface area contributed by atoms with Gasteiger partial charge >= 0.3 is 0 Å². The maximum atomic E-state index is 10.9. The minimum Gasteiger partial charge on any atom is -0.376 e. The van der Waals surface area contributed by atoms with Crippen LogP contribution in [0.3, 0.4) is 0 Å². The van der Waals surface area contributed by atoms with Crippen LogP contribution in [0.5, 0.6) is 0 Å². The molecule has 1 aliphatic heterocycles. The number of nitrogens with zero attached hydrogens (tertiary/aromatic N) is 2.